The van der Waals surface area contributed by atoms with Crippen molar-refractivity contribution in [1.29, 1.82) is 0 Å². The molecule has 2 heterocycles. The topological polar surface area (TPSA) is 27.7 Å². The van der Waals surface area contributed by atoms with Gasteiger partial charge in [0.1, 0.15) is 11.4 Å². The first kappa shape index (κ1) is 12.6. The molecule has 0 bridgehead atoms. The van der Waals surface area contributed by atoms with Crippen LogP contribution in [0.5, 0.6) is 5.75 Å². The van der Waals surface area contributed by atoms with Crippen molar-refractivity contribution in [3.63, 3.8) is 0 Å². The number of nitrogens with one attached hydrogen (secondary N) is 1. The third-order valence-electron chi connectivity index (χ3n) is 4.18. The number of rotatable bonds is 2. The Morgan fingerprint density at radius 2 is 2.21 bits per heavy atom. The number of hydrogen-bond donors (Lipinski definition) is 1. The number of anilines is 2. The van der Waals surface area contributed by atoms with Gasteiger partial charge in [-0.05, 0) is 26.0 Å². The summed E-state index contributed by atoms with van der Waals surface area (Å²) in [5.74, 6) is 0.989. The molecule has 2 aliphatic heterocycles. The number of piperazine rings is 1. The third-order valence-corrected chi connectivity index (χ3v) is 4.18. The van der Waals surface area contributed by atoms with Crippen LogP contribution in [0.4, 0.5) is 11.4 Å². The summed E-state index contributed by atoms with van der Waals surface area (Å²) in [6.45, 7) is 8.79. The molecular weight excluding hydrogens is 238 g/mol. The lowest BCUT2D eigenvalue weighted by Crippen LogP contribution is -2.59. The summed E-state index contributed by atoms with van der Waals surface area (Å²) in [4.78, 5) is 5.01. The highest BCUT2D eigenvalue weighted by Gasteiger charge is 2.34. The van der Waals surface area contributed by atoms with E-state index in [-0.39, 0.29) is 0 Å². The van der Waals surface area contributed by atoms with Crippen molar-refractivity contribution in [3.8, 4) is 5.75 Å². The summed E-state index contributed by atoms with van der Waals surface area (Å²) in [5, 5.41) is 3.50. The fraction of sp³-hybridized carbons (Fsp3) is 0.600. The maximum atomic E-state index is 5.59. The minimum atomic E-state index is 0.485. The van der Waals surface area contributed by atoms with Crippen molar-refractivity contribution in [1.82, 2.24) is 5.32 Å². The normalized spacial score (nSPS) is 22.2. The number of fused-ring (bicyclic) bond motifs is 3. The van der Waals surface area contributed by atoms with E-state index in [0.29, 0.717) is 12.1 Å². The summed E-state index contributed by atoms with van der Waals surface area (Å²) in [7, 11) is 1.76. The van der Waals surface area contributed by atoms with Crippen LogP contribution >= 0.6 is 0 Å². The lowest BCUT2D eigenvalue weighted by Gasteiger charge is -2.48. The van der Waals surface area contributed by atoms with Crippen LogP contribution in [0, 0.1) is 0 Å². The van der Waals surface area contributed by atoms with Gasteiger partial charge in [-0.2, -0.15) is 0 Å². The molecule has 0 radical (unpaired) electrons. The average molecular weight is 261 g/mol. The van der Waals surface area contributed by atoms with Crippen molar-refractivity contribution < 1.29 is 4.74 Å². The molecule has 1 aromatic rings. The van der Waals surface area contributed by atoms with Gasteiger partial charge in [-0.15, -0.1) is 0 Å². The zero-order valence-electron chi connectivity index (χ0n) is 12.0. The van der Waals surface area contributed by atoms with Crippen molar-refractivity contribution in [2.75, 3.05) is 43.1 Å². The summed E-state index contributed by atoms with van der Waals surface area (Å²) >= 11 is 0. The lowest BCUT2D eigenvalue weighted by atomic mass is 10.0. The van der Waals surface area contributed by atoms with E-state index < -0.39 is 0 Å². The predicted molar refractivity (Wildman–Crippen MR) is 79.5 cm³/mol. The molecule has 2 aliphatic rings. The number of ether oxygens (including phenoxy) is 1. The number of methoxy groups -OCH3 is 1. The summed E-state index contributed by atoms with van der Waals surface area (Å²) in [6, 6.07) is 7.44. The summed E-state index contributed by atoms with van der Waals surface area (Å²) in [5.41, 5.74) is 2.59. The number of benzene rings is 1. The summed E-state index contributed by atoms with van der Waals surface area (Å²) < 4.78 is 5.59. The molecule has 1 unspecified atom stereocenters. The van der Waals surface area contributed by atoms with Gasteiger partial charge < -0.3 is 19.9 Å². The Kier molecular flexibility index (Phi) is 3.27. The van der Waals surface area contributed by atoms with Gasteiger partial charge in [0.15, 0.2) is 0 Å². The SMILES string of the molecule is COc1cccc2c1N(C(C)C)CC1CNCCN21. The molecule has 19 heavy (non-hydrogen) atoms. The van der Waals surface area contributed by atoms with Crippen molar-refractivity contribution in [2.45, 2.75) is 25.9 Å². The Balaban J connectivity index is 2.09. The highest BCUT2D eigenvalue weighted by Crippen LogP contribution is 2.43. The predicted octanol–water partition coefficient (Wildman–Crippen LogP) is 1.70. The molecule has 1 aromatic carbocycles. The van der Waals surface area contributed by atoms with E-state index >= 15 is 0 Å². The molecular formula is C15H23N3O. The minimum Gasteiger partial charge on any atom is -0.495 e. The van der Waals surface area contributed by atoms with E-state index in [0.717, 1.165) is 31.9 Å². The maximum Gasteiger partial charge on any atom is 0.144 e. The molecule has 4 nitrogen and oxygen atoms in total. The van der Waals surface area contributed by atoms with Gasteiger partial charge in [-0.1, -0.05) is 6.07 Å². The van der Waals surface area contributed by atoms with Crippen molar-refractivity contribution in [2.24, 2.45) is 0 Å². The first-order valence-electron chi connectivity index (χ1n) is 7.13. The van der Waals surface area contributed by atoms with Crippen LogP contribution in [-0.2, 0) is 0 Å². The fourth-order valence-electron chi connectivity index (χ4n) is 3.22. The Morgan fingerprint density at radius 1 is 1.37 bits per heavy atom. The van der Waals surface area contributed by atoms with Crippen molar-refractivity contribution >= 4 is 11.4 Å². The van der Waals surface area contributed by atoms with Crippen LogP contribution in [0.15, 0.2) is 18.2 Å². The molecule has 0 aromatic heterocycles. The van der Waals surface area contributed by atoms with Gasteiger partial charge in [-0.3, -0.25) is 0 Å². The molecule has 0 aliphatic carbocycles. The van der Waals surface area contributed by atoms with Gasteiger partial charge in [0.25, 0.3) is 0 Å². The first-order chi connectivity index (χ1) is 9.22. The summed E-state index contributed by atoms with van der Waals surface area (Å²) in [6.07, 6.45) is 0. The maximum absolute atomic E-state index is 5.59. The second kappa shape index (κ2) is 4.93. The third kappa shape index (κ3) is 2.04. The zero-order valence-corrected chi connectivity index (χ0v) is 12.0. The molecule has 1 N–H and O–H groups in total. The molecule has 4 heteroatoms. The Hall–Kier alpha value is -1.42. The van der Waals surface area contributed by atoms with E-state index in [1.54, 1.807) is 7.11 Å². The van der Waals surface area contributed by atoms with E-state index in [4.69, 9.17) is 4.74 Å². The van der Waals surface area contributed by atoms with E-state index in [2.05, 4.69) is 47.2 Å². The van der Waals surface area contributed by atoms with Crippen LogP contribution in [-0.4, -0.2) is 45.4 Å². The largest absolute Gasteiger partial charge is 0.495 e. The second-order valence-corrected chi connectivity index (χ2v) is 5.63. The van der Waals surface area contributed by atoms with Gasteiger partial charge in [0.05, 0.1) is 18.8 Å². The van der Waals surface area contributed by atoms with E-state index in [1.807, 2.05) is 0 Å². The lowest BCUT2D eigenvalue weighted by molar-refractivity contribution is 0.403. The number of para-hydroxylation sites is 1. The molecule has 0 amide bonds. The molecule has 3 rings (SSSR count). The van der Waals surface area contributed by atoms with Crippen LogP contribution in [0.25, 0.3) is 0 Å². The molecule has 1 fully saturated rings. The number of hydrogen-bond acceptors (Lipinski definition) is 4. The quantitative estimate of drug-likeness (QED) is 0.877. The average Bonchev–Trinajstić information content (AvgIpc) is 2.45. The Morgan fingerprint density at radius 3 is 2.95 bits per heavy atom. The van der Waals surface area contributed by atoms with Crippen LogP contribution in [0.2, 0.25) is 0 Å². The van der Waals surface area contributed by atoms with Crippen LogP contribution in [0.1, 0.15) is 13.8 Å². The van der Waals surface area contributed by atoms with E-state index in [9.17, 15) is 0 Å². The molecule has 1 saturated heterocycles. The Labute approximate surface area is 115 Å². The molecule has 1 atom stereocenters. The molecule has 0 saturated carbocycles. The van der Waals surface area contributed by atoms with Gasteiger partial charge in [0, 0.05) is 32.2 Å². The van der Waals surface area contributed by atoms with Gasteiger partial charge >= 0.3 is 0 Å². The van der Waals surface area contributed by atoms with Crippen LogP contribution < -0.4 is 19.9 Å². The van der Waals surface area contributed by atoms with Crippen molar-refractivity contribution in [3.05, 3.63) is 18.2 Å². The van der Waals surface area contributed by atoms with Gasteiger partial charge in [0.2, 0.25) is 0 Å². The second-order valence-electron chi connectivity index (χ2n) is 5.63. The standard InChI is InChI=1S/C15H23N3O/c1-11(2)18-10-12-9-16-7-8-17(12)13-5-4-6-14(19-3)15(13)18/h4-6,11-12,16H,7-10H2,1-3H3. The monoisotopic (exact) mass is 261 g/mol. The van der Waals surface area contributed by atoms with Gasteiger partial charge in [-0.25, -0.2) is 0 Å². The first-order valence-corrected chi connectivity index (χ1v) is 7.13. The fourth-order valence-corrected chi connectivity index (χ4v) is 3.22. The molecule has 0 spiro atoms. The highest BCUT2D eigenvalue weighted by atomic mass is 16.5. The molecule has 104 valence electrons. The number of nitrogens with zero attached hydrogens (tertiary/aromatic N) is 2. The van der Waals surface area contributed by atoms with Crippen LogP contribution in [0.3, 0.4) is 0 Å². The smallest absolute Gasteiger partial charge is 0.144 e. The minimum absolute atomic E-state index is 0.485. The Bertz CT molecular complexity index is 461. The van der Waals surface area contributed by atoms with E-state index in [1.165, 1.54) is 11.4 Å². The zero-order chi connectivity index (χ0) is 13.4. The highest BCUT2D eigenvalue weighted by molar-refractivity contribution is 5.80.